The van der Waals surface area contributed by atoms with E-state index >= 15 is 0 Å². The maximum Gasteiger partial charge on any atom is 0.257 e. The number of nitrogens with one attached hydrogen (secondary N) is 2. The Morgan fingerprint density at radius 3 is 2.35 bits per heavy atom. The number of hydrogen-bond acceptors (Lipinski definition) is 3. The lowest BCUT2D eigenvalue weighted by atomic mass is 10.2. The van der Waals surface area contributed by atoms with Crippen LogP contribution in [0.5, 0.6) is 5.75 Å². The number of carbonyl (C=O) groups is 1. The molecule has 0 fully saturated rings. The molecule has 1 amide bonds. The molecule has 23 heavy (non-hydrogen) atoms. The summed E-state index contributed by atoms with van der Waals surface area (Å²) in [6.07, 6.45) is 0. The minimum atomic E-state index is -0.266. The molecule has 0 aliphatic carbocycles. The van der Waals surface area contributed by atoms with Gasteiger partial charge in [0.25, 0.3) is 5.91 Å². The zero-order chi connectivity index (χ0) is 16.7. The zero-order valence-electron chi connectivity index (χ0n) is 12.0. The minimum absolute atomic E-state index is 0.229. The lowest BCUT2D eigenvalue weighted by Crippen LogP contribution is -2.40. The molecule has 0 saturated heterocycles. The van der Waals surface area contributed by atoms with Crippen molar-refractivity contribution >= 4 is 46.4 Å². The largest absolute Gasteiger partial charge is 0.489 e. The fourth-order valence-electron chi connectivity index (χ4n) is 1.75. The number of benzene rings is 2. The molecule has 2 rings (SSSR count). The predicted octanol–water partition coefficient (Wildman–Crippen LogP) is 3.68. The third kappa shape index (κ3) is 5.39. The Morgan fingerprint density at radius 1 is 1.04 bits per heavy atom. The monoisotopic (exact) mass is 368 g/mol. The molecule has 0 bridgehead atoms. The molecule has 7 heteroatoms. The molecule has 0 unspecified atom stereocenters. The van der Waals surface area contributed by atoms with Gasteiger partial charge in [-0.3, -0.25) is 10.1 Å². The van der Waals surface area contributed by atoms with Crippen molar-refractivity contribution in [1.29, 1.82) is 0 Å². The lowest BCUT2D eigenvalue weighted by Gasteiger charge is -2.12. The standard InChI is InChI=1S/C16H14Cl2N2O2S/c17-12-7-4-8-13(18)14(12)22-10-9-19-16(23)20-15(21)11-5-2-1-3-6-11/h1-8H,9-10H2,(H2,19,20,21,23). The average molecular weight is 369 g/mol. The maximum absolute atomic E-state index is 11.9. The molecule has 0 atom stereocenters. The van der Waals surface area contributed by atoms with Gasteiger partial charge >= 0.3 is 0 Å². The number of carbonyl (C=O) groups excluding carboxylic acids is 1. The molecule has 0 aliphatic rings. The molecule has 120 valence electrons. The molecule has 2 N–H and O–H groups in total. The second-order valence-corrected chi connectivity index (χ2v) is 5.70. The number of ether oxygens (including phenoxy) is 1. The highest BCUT2D eigenvalue weighted by atomic mass is 35.5. The first-order chi connectivity index (χ1) is 11.1. The van der Waals surface area contributed by atoms with Crippen LogP contribution in [0.3, 0.4) is 0 Å². The number of para-hydroxylation sites is 1. The highest BCUT2D eigenvalue weighted by Crippen LogP contribution is 2.32. The molecular formula is C16H14Cl2N2O2S. The number of thiocarbonyl (C=S) groups is 1. The van der Waals surface area contributed by atoms with E-state index in [-0.39, 0.29) is 11.0 Å². The van der Waals surface area contributed by atoms with Crippen molar-refractivity contribution in [1.82, 2.24) is 10.6 Å². The van der Waals surface area contributed by atoms with Gasteiger partial charge in [0.15, 0.2) is 10.9 Å². The molecular weight excluding hydrogens is 355 g/mol. The lowest BCUT2D eigenvalue weighted by molar-refractivity contribution is 0.0976. The van der Waals surface area contributed by atoms with Crippen LogP contribution < -0.4 is 15.4 Å². The summed E-state index contributed by atoms with van der Waals surface area (Å²) in [5.41, 5.74) is 0.538. The first-order valence-corrected chi connectivity index (χ1v) is 7.95. The molecule has 0 heterocycles. The Balaban J connectivity index is 1.74. The number of halogens is 2. The van der Waals surface area contributed by atoms with Crippen molar-refractivity contribution < 1.29 is 9.53 Å². The van der Waals surface area contributed by atoms with Gasteiger partial charge in [-0.05, 0) is 36.5 Å². The number of hydrogen-bond donors (Lipinski definition) is 2. The summed E-state index contributed by atoms with van der Waals surface area (Å²) < 4.78 is 5.51. The van der Waals surface area contributed by atoms with Crippen molar-refractivity contribution in [3.8, 4) is 5.75 Å². The van der Waals surface area contributed by atoms with E-state index in [2.05, 4.69) is 10.6 Å². The predicted molar refractivity (Wildman–Crippen MR) is 96.5 cm³/mol. The summed E-state index contributed by atoms with van der Waals surface area (Å²) >= 11 is 17.1. The van der Waals surface area contributed by atoms with Crippen LogP contribution in [-0.4, -0.2) is 24.2 Å². The van der Waals surface area contributed by atoms with Gasteiger partial charge in [0.1, 0.15) is 6.61 Å². The van der Waals surface area contributed by atoms with Gasteiger partial charge in [-0.2, -0.15) is 0 Å². The molecule has 0 aliphatic heterocycles. The Kier molecular flexibility index (Phi) is 6.65. The van der Waals surface area contributed by atoms with Crippen LogP contribution in [0.15, 0.2) is 48.5 Å². The van der Waals surface area contributed by atoms with Gasteiger partial charge in [0, 0.05) is 5.56 Å². The topological polar surface area (TPSA) is 50.4 Å². The smallest absolute Gasteiger partial charge is 0.257 e. The van der Waals surface area contributed by atoms with E-state index in [1.165, 1.54) is 0 Å². The first kappa shape index (κ1) is 17.5. The number of amides is 1. The third-order valence-electron chi connectivity index (χ3n) is 2.82. The summed E-state index contributed by atoms with van der Waals surface area (Å²) in [5.74, 6) is 0.162. The molecule has 0 radical (unpaired) electrons. The highest BCUT2D eigenvalue weighted by Gasteiger charge is 2.08. The second kappa shape index (κ2) is 8.72. The highest BCUT2D eigenvalue weighted by molar-refractivity contribution is 7.80. The first-order valence-electron chi connectivity index (χ1n) is 6.79. The normalized spacial score (nSPS) is 10.0. The quantitative estimate of drug-likeness (QED) is 0.624. The van der Waals surface area contributed by atoms with Crippen LogP contribution in [0.25, 0.3) is 0 Å². The Morgan fingerprint density at radius 2 is 1.70 bits per heavy atom. The minimum Gasteiger partial charge on any atom is -0.489 e. The SMILES string of the molecule is O=C(NC(=S)NCCOc1c(Cl)cccc1Cl)c1ccccc1. The van der Waals surface area contributed by atoms with Gasteiger partial charge in [-0.15, -0.1) is 0 Å². The van der Waals surface area contributed by atoms with E-state index in [0.717, 1.165) is 0 Å². The Labute approximate surface area is 149 Å². The maximum atomic E-state index is 11.9. The second-order valence-electron chi connectivity index (χ2n) is 4.48. The fraction of sp³-hybridized carbons (Fsp3) is 0.125. The van der Waals surface area contributed by atoms with Gasteiger partial charge in [0.05, 0.1) is 16.6 Å². The van der Waals surface area contributed by atoms with E-state index in [1.54, 1.807) is 42.5 Å². The van der Waals surface area contributed by atoms with Crippen molar-refractivity contribution in [2.45, 2.75) is 0 Å². The van der Waals surface area contributed by atoms with Crippen molar-refractivity contribution in [3.63, 3.8) is 0 Å². The van der Waals surface area contributed by atoms with Crippen LogP contribution in [0.4, 0.5) is 0 Å². The van der Waals surface area contributed by atoms with Gasteiger partial charge in [0.2, 0.25) is 0 Å². The van der Waals surface area contributed by atoms with Crippen molar-refractivity contribution in [2.75, 3.05) is 13.2 Å². The van der Waals surface area contributed by atoms with Crippen molar-refractivity contribution in [3.05, 3.63) is 64.1 Å². The molecule has 0 saturated carbocycles. The van der Waals surface area contributed by atoms with E-state index < -0.39 is 0 Å². The summed E-state index contributed by atoms with van der Waals surface area (Å²) in [7, 11) is 0. The van der Waals surface area contributed by atoms with Crippen LogP contribution >= 0.6 is 35.4 Å². The molecule has 0 aromatic heterocycles. The average Bonchev–Trinajstić information content (AvgIpc) is 2.54. The Hall–Kier alpha value is -1.82. The summed E-state index contributed by atoms with van der Waals surface area (Å²) in [5, 5.41) is 6.59. The Bertz CT molecular complexity index is 675. The van der Waals surface area contributed by atoms with Gasteiger partial charge in [-0.25, -0.2) is 0 Å². The van der Waals surface area contributed by atoms with E-state index in [4.69, 9.17) is 40.2 Å². The zero-order valence-corrected chi connectivity index (χ0v) is 14.3. The van der Waals surface area contributed by atoms with Crippen LogP contribution in [0.2, 0.25) is 10.0 Å². The van der Waals surface area contributed by atoms with Gasteiger partial charge < -0.3 is 10.1 Å². The molecule has 4 nitrogen and oxygen atoms in total. The third-order valence-corrected chi connectivity index (χ3v) is 3.66. The molecule has 2 aromatic carbocycles. The summed E-state index contributed by atoms with van der Waals surface area (Å²) in [4.78, 5) is 11.9. The number of rotatable bonds is 5. The van der Waals surface area contributed by atoms with Crippen LogP contribution in [0, 0.1) is 0 Å². The molecule has 2 aromatic rings. The summed E-state index contributed by atoms with van der Waals surface area (Å²) in [6, 6.07) is 14.0. The van der Waals surface area contributed by atoms with E-state index in [0.29, 0.717) is 34.5 Å². The van der Waals surface area contributed by atoms with Crippen LogP contribution in [0.1, 0.15) is 10.4 Å². The van der Waals surface area contributed by atoms with E-state index in [9.17, 15) is 4.79 Å². The fourth-order valence-corrected chi connectivity index (χ4v) is 2.45. The van der Waals surface area contributed by atoms with Gasteiger partial charge in [-0.1, -0.05) is 47.5 Å². The molecule has 0 spiro atoms. The summed E-state index contributed by atoms with van der Waals surface area (Å²) in [6.45, 7) is 0.695. The van der Waals surface area contributed by atoms with Crippen molar-refractivity contribution in [2.24, 2.45) is 0 Å². The van der Waals surface area contributed by atoms with Crippen LogP contribution in [-0.2, 0) is 0 Å². The van der Waals surface area contributed by atoms with E-state index in [1.807, 2.05) is 6.07 Å².